The Hall–Kier alpha value is -2.64. The van der Waals surface area contributed by atoms with Crippen molar-refractivity contribution in [2.75, 3.05) is 18.5 Å². The molecule has 8 heteroatoms. The average Bonchev–Trinajstić information content (AvgIpc) is 2.85. The quantitative estimate of drug-likeness (QED) is 0.617. The van der Waals surface area contributed by atoms with Crippen LogP contribution in [0, 0.1) is 10.1 Å². The summed E-state index contributed by atoms with van der Waals surface area (Å²) in [6, 6.07) is 4.98. The predicted molar refractivity (Wildman–Crippen MR) is 77.5 cm³/mol. The van der Waals surface area contributed by atoms with Crippen molar-refractivity contribution in [3.05, 3.63) is 40.5 Å². The van der Waals surface area contributed by atoms with Gasteiger partial charge in [0.2, 0.25) is 0 Å². The van der Waals surface area contributed by atoms with E-state index in [0.29, 0.717) is 25.3 Å². The third-order valence-electron chi connectivity index (χ3n) is 2.95. The minimum Gasteiger partial charge on any atom is -0.487 e. The molecule has 0 bridgehead atoms. The van der Waals surface area contributed by atoms with E-state index >= 15 is 0 Å². The molecule has 0 radical (unpaired) electrons. The van der Waals surface area contributed by atoms with Crippen LogP contribution in [0.3, 0.4) is 0 Å². The van der Waals surface area contributed by atoms with Crippen LogP contribution in [-0.4, -0.2) is 32.8 Å². The molecule has 1 N–H and O–H groups in total. The number of aryl methyl sites for hydroxylation is 1. The van der Waals surface area contributed by atoms with Crippen LogP contribution in [0.1, 0.15) is 12.7 Å². The first-order valence-corrected chi connectivity index (χ1v) is 6.60. The topological polar surface area (TPSA) is 95.1 Å². The van der Waals surface area contributed by atoms with Gasteiger partial charge in [-0.25, -0.2) is 0 Å². The molecular weight excluding hydrogens is 274 g/mol. The first kappa shape index (κ1) is 14.8. The highest BCUT2D eigenvalue weighted by molar-refractivity contribution is 5.68. The number of hydrogen-bond acceptors (Lipinski definition) is 6. The van der Waals surface area contributed by atoms with E-state index in [-0.39, 0.29) is 11.4 Å². The molecule has 0 fully saturated rings. The van der Waals surface area contributed by atoms with E-state index in [0.717, 1.165) is 5.82 Å². The highest BCUT2D eigenvalue weighted by Gasteiger charge is 2.20. The van der Waals surface area contributed by atoms with Gasteiger partial charge in [0.25, 0.3) is 0 Å². The lowest BCUT2D eigenvalue weighted by Gasteiger charge is -2.10. The average molecular weight is 291 g/mol. The third kappa shape index (κ3) is 3.47. The molecule has 0 amide bonds. The summed E-state index contributed by atoms with van der Waals surface area (Å²) in [5, 5.41) is 22.0. The summed E-state index contributed by atoms with van der Waals surface area (Å²) in [6.07, 6.45) is 2.24. The number of hydrogen-bond donors (Lipinski definition) is 1. The number of nitro groups is 1. The van der Waals surface area contributed by atoms with E-state index in [4.69, 9.17) is 4.74 Å². The van der Waals surface area contributed by atoms with Gasteiger partial charge in [0.15, 0.2) is 5.75 Å². The zero-order valence-corrected chi connectivity index (χ0v) is 11.9. The third-order valence-corrected chi connectivity index (χ3v) is 2.95. The Kier molecular flexibility index (Phi) is 4.70. The van der Waals surface area contributed by atoms with Gasteiger partial charge >= 0.3 is 5.69 Å². The summed E-state index contributed by atoms with van der Waals surface area (Å²) in [4.78, 5) is 10.8. The number of nitrogens with zero attached hydrogens (tertiary/aromatic N) is 4. The first-order chi connectivity index (χ1) is 10.1. The standard InChI is InChI=1S/C13H17N5O3/c1-3-21-11-6-4-5-10(13(11)18(19)20)14-8-7-12-16-15-9-17(12)2/h4-6,9,14H,3,7-8H2,1-2H3. The van der Waals surface area contributed by atoms with Crippen LogP contribution in [0.5, 0.6) is 5.75 Å². The molecule has 1 heterocycles. The molecule has 2 aromatic rings. The number of nitrogens with one attached hydrogen (secondary N) is 1. The molecule has 1 aromatic heterocycles. The van der Waals surface area contributed by atoms with E-state index in [9.17, 15) is 10.1 Å². The molecule has 0 aliphatic heterocycles. The molecule has 0 saturated carbocycles. The molecule has 112 valence electrons. The van der Waals surface area contributed by atoms with E-state index in [1.54, 1.807) is 31.5 Å². The predicted octanol–water partition coefficient (Wildman–Crippen LogP) is 1.78. The maximum Gasteiger partial charge on any atom is 0.333 e. The van der Waals surface area contributed by atoms with Crippen molar-refractivity contribution < 1.29 is 9.66 Å². The molecule has 0 unspecified atom stereocenters. The van der Waals surface area contributed by atoms with Crippen LogP contribution < -0.4 is 10.1 Å². The van der Waals surface area contributed by atoms with Gasteiger partial charge in [-0.05, 0) is 19.1 Å². The fraction of sp³-hybridized carbons (Fsp3) is 0.385. The Labute approximate surface area is 121 Å². The molecule has 1 aromatic carbocycles. The monoisotopic (exact) mass is 291 g/mol. The van der Waals surface area contributed by atoms with Crippen molar-refractivity contribution in [1.29, 1.82) is 0 Å². The van der Waals surface area contributed by atoms with Gasteiger partial charge in [0, 0.05) is 20.0 Å². The number of anilines is 1. The minimum atomic E-state index is -0.435. The molecule has 0 aliphatic carbocycles. The maximum atomic E-state index is 11.2. The van der Waals surface area contributed by atoms with Gasteiger partial charge in [0.05, 0.1) is 11.5 Å². The zero-order valence-electron chi connectivity index (χ0n) is 11.9. The van der Waals surface area contributed by atoms with Crippen LogP contribution in [-0.2, 0) is 13.5 Å². The zero-order chi connectivity index (χ0) is 15.2. The van der Waals surface area contributed by atoms with Crippen molar-refractivity contribution in [1.82, 2.24) is 14.8 Å². The summed E-state index contributed by atoms with van der Waals surface area (Å²) in [5.41, 5.74) is 0.394. The molecule has 0 spiro atoms. The summed E-state index contributed by atoms with van der Waals surface area (Å²) >= 11 is 0. The van der Waals surface area contributed by atoms with Crippen molar-refractivity contribution >= 4 is 11.4 Å². The van der Waals surface area contributed by atoms with Crippen LogP contribution >= 0.6 is 0 Å². The van der Waals surface area contributed by atoms with Crippen LogP contribution in [0.2, 0.25) is 0 Å². The highest BCUT2D eigenvalue weighted by atomic mass is 16.6. The highest BCUT2D eigenvalue weighted by Crippen LogP contribution is 2.34. The largest absolute Gasteiger partial charge is 0.487 e. The summed E-state index contributed by atoms with van der Waals surface area (Å²) in [6.45, 7) is 2.68. The van der Waals surface area contributed by atoms with Crippen LogP contribution in [0.25, 0.3) is 0 Å². The second-order valence-electron chi connectivity index (χ2n) is 4.38. The Morgan fingerprint density at radius 3 is 2.90 bits per heavy atom. The van der Waals surface area contributed by atoms with Crippen molar-refractivity contribution in [2.45, 2.75) is 13.3 Å². The molecule has 8 nitrogen and oxygen atoms in total. The summed E-state index contributed by atoms with van der Waals surface area (Å²) < 4.78 is 7.11. The maximum absolute atomic E-state index is 11.2. The molecule has 0 saturated heterocycles. The molecule has 0 aliphatic rings. The summed E-state index contributed by atoms with van der Waals surface area (Å²) in [7, 11) is 1.85. The molecule has 2 rings (SSSR count). The normalized spacial score (nSPS) is 10.4. The fourth-order valence-electron chi connectivity index (χ4n) is 1.97. The van der Waals surface area contributed by atoms with Gasteiger partial charge < -0.3 is 14.6 Å². The summed E-state index contributed by atoms with van der Waals surface area (Å²) in [5.74, 6) is 1.08. The number of rotatable bonds is 7. The smallest absolute Gasteiger partial charge is 0.333 e. The number of aromatic nitrogens is 3. The second-order valence-corrected chi connectivity index (χ2v) is 4.38. The molecule has 21 heavy (non-hydrogen) atoms. The molecule has 0 atom stereocenters. The van der Waals surface area contributed by atoms with Gasteiger partial charge in [-0.15, -0.1) is 10.2 Å². The Bertz CT molecular complexity index is 626. The van der Waals surface area contributed by atoms with Crippen molar-refractivity contribution in [2.24, 2.45) is 7.05 Å². The lowest BCUT2D eigenvalue weighted by atomic mass is 10.2. The first-order valence-electron chi connectivity index (χ1n) is 6.60. The van der Waals surface area contributed by atoms with Crippen LogP contribution in [0.15, 0.2) is 24.5 Å². The number of nitro benzene ring substituents is 1. The van der Waals surface area contributed by atoms with Crippen molar-refractivity contribution in [3.8, 4) is 5.75 Å². The number of benzene rings is 1. The lowest BCUT2D eigenvalue weighted by molar-refractivity contribution is -0.384. The van der Waals surface area contributed by atoms with E-state index in [1.165, 1.54) is 0 Å². The van der Waals surface area contributed by atoms with E-state index in [1.807, 2.05) is 11.6 Å². The fourth-order valence-corrected chi connectivity index (χ4v) is 1.97. The van der Waals surface area contributed by atoms with E-state index < -0.39 is 4.92 Å². The van der Waals surface area contributed by atoms with Gasteiger partial charge in [-0.3, -0.25) is 10.1 Å². The minimum absolute atomic E-state index is 0.0442. The Morgan fingerprint density at radius 1 is 1.48 bits per heavy atom. The van der Waals surface area contributed by atoms with Gasteiger partial charge in [-0.2, -0.15) is 0 Å². The SMILES string of the molecule is CCOc1cccc(NCCc2nncn2C)c1[N+](=O)[O-]. The Balaban J connectivity index is 2.10. The second kappa shape index (κ2) is 6.69. The number of ether oxygens (including phenoxy) is 1. The lowest BCUT2D eigenvalue weighted by Crippen LogP contribution is -2.10. The van der Waals surface area contributed by atoms with Crippen LogP contribution in [0.4, 0.5) is 11.4 Å². The molecular formula is C13H17N5O3. The number of para-hydroxylation sites is 1. The Morgan fingerprint density at radius 2 is 2.29 bits per heavy atom. The van der Waals surface area contributed by atoms with E-state index in [2.05, 4.69) is 15.5 Å². The van der Waals surface area contributed by atoms with Crippen molar-refractivity contribution in [3.63, 3.8) is 0 Å². The van der Waals surface area contributed by atoms with Gasteiger partial charge in [-0.1, -0.05) is 6.07 Å². The van der Waals surface area contributed by atoms with Gasteiger partial charge in [0.1, 0.15) is 17.8 Å².